The van der Waals surface area contributed by atoms with Crippen molar-refractivity contribution in [1.29, 1.82) is 0 Å². The standard InChI is InChI=1S/C17H22N4O4S/c22-17(21-14-6-10-25-12-14)13-3-1-4-15(11-13)26(23,24)20-7-2-5-16-18-8-9-19-16/h1,3-4,8-9,11,14,20H,2,5-7,10,12H2,(H,18,19)(H,21,22)/t14-/m0/s1. The average molecular weight is 378 g/mol. The Morgan fingerprint density at radius 2 is 2.27 bits per heavy atom. The van der Waals surface area contributed by atoms with Crippen molar-refractivity contribution in [3.8, 4) is 0 Å². The molecule has 3 N–H and O–H groups in total. The summed E-state index contributed by atoms with van der Waals surface area (Å²) >= 11 is 0. The zero-order chi connectivity index (χ0) is 18.4. The van der Waals surface area contributed by atoms with Crippen LogP contribution in [0.1, 0.15) is 29.0 Å². The van der Waals surface area contributed by atoms with Gasteiger partial charge in [-0.2, -0.15) is 0 Å². The minimum atomic E-state index is -3.67. The fraction of sp³-hybridized carbons (Fsp3) is 0.412. The summed E-state index contributed by atoms with van der Waals surface area (Å²) in [6.45, 7) is 1.40. The van der Waals surface area contributed by atoms with Crippen LogP contribution in [0.3, 0.4) is 0 Å². The van der Waals surface area contributed by atoms with Gasteiger partial charge in [0.15, 0.2) is 0 Å². The van der Waals surface area contributed by atoms with Crippen molar-refractivity contribution in [3.63, 3.8) is 0 Å². The van der Waals surface area contributed by atoms with Crippen molar-refractivity contribution in [2.75, 3.05) is 19.8 Å². The molecule has 1 atom stereocenters. The number of benzene rings is 1. The van der Waals surface area contributed by atoms with Crippen LogP contribution in [0.4, 0.5) is 0 Å². The third-order valence-corrected chi connectivity index (χ3v) is 5.57. The Balaban J connectivity index is 1.57. The van der Waals surface area contributed by atoms with E-state index in [1.165, 1.54) is 12.1 Å². The molecule has 1 fully saturated rings. The molecular formula is C17H22N4O4S. The lowest BCUT2D eigenvalue weighted by Crippen LogP contribution is -2.35. The molecule has 0 saturated carbocycles. The van der Waals surface area contributed by atoms with Crippen LogP contribution in [0, 0.1) is 0 Å². The number of imidazole rings is 1. The van der Waals surface area contributed by atoms with Gasteiger partial charge in [0.25, 0.3) is 5.91 Å². The van der Waals surface area contributed by atoms with Gasteiger partial charge in [-0.3, -0.25) is 4.79 Å². The van der Waals surface area contributed by atoms with Crippen LogP contribution in [0.15, 0.2) is 41.6 Å². The molecule has 1 aromatic carbocycles. The van der Waals surface area contributed by atoms with Crippen LogP contribution in [-0.2, 0) is 21.2 Å². The predicted molar refractivity (Wildman–Crippen MR) is 95.2 cm³/mol. The molecule has 1 saturated heterocycles. The molecule has 0 spiro atoms. The van der Waals surface area contributed by atoms with Crippen molar-refractivity contribution in [3.05, 3.63) is 48.0 Å². The summed E-state index contributed by atoms with van der Waals surface area (Å²) in [4.78, 5) is 19.4. The van der Waals surface area contributed by atoms with Crippen molar-refractivity contribution in [2.24, 2.45) is 0 Å². The summed E-state index contributed by atoms with van der Waals surface area (Å²) in [5.74, 6) is 0.522. The number of carbonyl (C=O) groups is 1. The molecule has 0 aliphatic carbocycles. The number of amides is 1. The first kappa shape index (κ1) is 18.6. The van der Waals surface area contributed by atoms with Gasteiger partial charge in [-0.25, -0.2) is 18.1 Å². The lowest BCUT2D eigenvalue weighted by atomic mass is 10.2. The van der Waals surface area contributed by atoms with Crippen LogP contribution >= 0.6 is 0 Å². The molecular weight excluding hydrogens is 356 g/mol. The van der Waals surface area contributed by atoms with Crippen LogP contribution in [0.25, 0.3) is 0 Å². The minimum Gasteiger partial charge on any atom is -0.379 e. The van der Waals surface area contributed by atoms with Gasteiger partial charge in [0.1, 0.15) is 5.82 Å². The molecule has 9 heteroatoms. The molecule has 1 aromatic heterocycles. The first-order valence-electron chi connectivity index (χ1n) is 8.51. The Bertz CT molecular complexity index is 830. The van der Waals surface area contributed by atoms with Crippen LogP contribution in [-0.4, -0.2) is 50.1 Å². The van der Waals surface area contributed by atoms with Gasteiger partial charge in [0.05, 0.1) is 17.5 Å². The summed E-state index contributed by atoms with van der Waals surface area (Å²) < 4.78 is 32.6. The zero-order valence-corrected chi connectivity index (χ0v) is 15.1. The maximum Gasteiger partial charge on any atom is 0.251 e. The minimum absolute atomic E-state index is 0.0255. The molecule has 0 radical (unpaired) electrons. The number of aromatic amines is 1. The maximum absolute atomic E-state index is 12.4. The molecule has 0 bridgehead atoms. The zero-order valence-electron chi connectivity index (χ0n) is 14.3. The van der Waals surface area contributed by atoms with Gasteiger partial charge in [-0.15, -0.1) is 0 Å². The molecule has 26 heavy (non-hydrogen) atoms. The molecule has 2 heterocycles. The molecule has 1 amide bonds. The quantitative estimate of drug-likeness (QED) is 0.589. The van der Waals surface area contributed by atoms with Crippen molar-refractivity contribution >= 4 is 15.9 Å². The second kappa shape index (κ2) is 8.43. The highest BCUT2D eigenvalue weighted by Crippen LogP contribution is 2.13. The summed E-state index contributed by atoms with van der Waals surface area (Å²) in [6, 6.07) is 6.01. The Labute approximate surface area is 152 Å². The number of sulfonamides is 1. The van der Waals surface area contributed by atoms with E-state index in [9.17, 15) is 13.2 Å². The third-order valence-electron chi connectivity index (χ3n) is 4.11. The Kier molecular flexibility index (Phi) is 6.02. The lowest BCUT2D eigenvalue weighted by Gasteiger charge is -2.12. The monoisotopic (exact) mass is 378 g/mol. The van der Waals surface area contributed by atoms with E-state index in [0.29, 0.717) is 38.2 Å². The number of hydrogen-bond donors (Lipinski definition) is 3. The lowest BCUT2D eigenvalue weighted by molar-refractivity contribution is 0.0929. The summed E-state index contributed by atoms with van der Waals surface area (Å²) in [6.07, 6.45) is 5.43. The second-order valence-corrected chi connectivity index (χ2v) is 7.87. The molecule has 3 rings (SSSR count). The summed E-state index contributed by atoms with van der Waals surface area (Å²) in [5.41, 5.74) is 0.315. The van der Waals surface area contributed by atoms with E-state index in [4.69, 9.17) is 4.74 Å². The van der Waals surface area contributed by atoms with Gasteiger partial charge < -0.3 is 15.0 Å². The Hall–Kier alpha value is -2.23. The van der Waals surface area contributed by atoms with Gasteiger partial charge in [0.2, 0.25) is 10.0 Å². The fourth-order valence-electron chi connectivity index (χ4n) is 2.70. The third kappa shape index (κ3) is 4.90. The molecule has 0 unspecified atom stereocenters. The number of carbonyl (C=O) groups excluding carboxylic acids is 1. The predicted octanol–water partition coefficient (Wildman–Crippen LogP) is 0.840. The topological polar surface area (TPSA) is 113 Å². The second-order valence-electron chi connectivity index (χ2n) is 6.10. The Morgan fingerprint density at radius 1 is 1.38 bits per heavy atom. The average Bonchev–Trinajstić information content (AvgIpc) is 3.33. The molecule has 140 valence electrons. The van der Waals surface area contributed by atoms with Gasteiger partial charge in [0, 0.05) is 37.5 Å². The van der Waals surface area contributed by atoms with E-state index in [1.807, 2.05) is 0 Å². The van der Waals surface area contributed by atoms with E-state index in [1.54, 1.807) is 24.5 Å². The Morgan fingerprint density at radius 3 is 3.00 bits per heavy atom. The summed E-state index contributed by atoms with van der Waals surface area (Å²) in [7, 11) is -3.67. The first-order valence-corrected chi connectivity index (χ1v) is 9.99. The summed E-state index contributed by atoms with van der Waals surface area (Å²) in [5, 5.41) is 2.85. The smallest absolute Gasteiger partial charge is 0.251 e. The number of nitrogens with zero attached hydrogens (tertiary/aromatic N) is 1. The van der Waals surface area contributed by atoms with Crippen LogP contribution < -0.4 is 10.0 Å². The van der Waals surface area contributed by atoms with E-state index in [-0.39, 0.29) is 16.8 Å². The highest BCUT2D eigenvalue weighted by molar-refractivity contribution is 7.89. The number of H-pyrrole nitrogens is 1. The normalized spacial score (nSPS) is 17.3. The van der Waals surface area contributed by atoms with E-state index < -0.39 is 10.0 Å². The maximum atomic E-state index is 12.4. The van der Waals surface area contributed by atoms with E-state index in [2.05, 4.69) is 20.0 Å². The largest absolute Gasteiger partial charge is 0.379 e. The van der Waals surface area contributed by atoms with Gasteiger partial charge in [-0.1, -0.05) is 6.07 Å². The highest BCUT2D eigenvalue weighted by atomic mass is 32.2. The number of hydrogen-bond acceptors (Lipinski definition) is 5. The van der Waals surface area contributed by atoms with Crippen LogP contribution in [0.2, 0.25) is 0 Å². The number of aryl methyl sites for hydroxylation is 1. The van der Waals surface area contributed by atoms with Crippen LogP contribution in [0.5, 0.6) is 0 Å². The SMILES string of the molecule is O=C(N[C@H]1CCOC1)c1cccc(S(=O)(=O)NCCCc2ncc[nH]2)c1. The van der Waals surface area contributed by atoms with Crippen molar-refractivity contribution < 1.29 is 17.9 Å². The number of aromatic nitrogens is 2. The number of nitrogens with one attached hydrogen (secondary N) is 3. The molecule has 8 nitrogen and oxygen atoms in total. The number of rotatable bonds is 8. The molecule has 2 aromatic rings. The highest BCUT2D eigenvalue weighted by Gasteiger charge is 2.20. The van der Waals surface area contributed by atoms with Crippen molar-refractivity contribution in [2.45, 2.75) is 30.2 Å². The molecule has 1 aliphatic rings. The van der Waals surface area contributed by atoms with Gasteiger partial charge >= 0.3 is 0 Å². The van der Waals surface area contributed by atoms with Gasteiger partial charge in [-0.05, 0) is 31.0 Å². The van der Waals surface area contributed by atoms with E-state index in [0.717, 1.165) is 12.2 Å². The van der Waals surface area contributed by atoms with E-state index >= 15 is 0 Å². The van der Waals surface area contributed by atoms with Crippen molar-refractivity contribution in [1.82, 2.24) is 20.0 Å². The fourth-order valence-corrected chi connectivity index (χ4v) is 3.82. The number of ether oxygens (including phenoxy) is 1. The molecule has 1 aliphatic heterocycles. The first-order chi connectivity index (χ1) is 12.5.